The summed E-state index contributed by atoms with van der Waals surface area (Å²) in [4.78, 5) is 13.5. The minimum absolute atomic E-state index is 0.0981. The van der Waals surface area contributed by atoms with Crippen molar-refractivity contribution >= 4 is 23.4 Å². The maximum Gasteiger partial charge on any atom is 0.267 e. The largest absolute Gasteiger partial charge is 0.396 e. The van der Waals surface area contributed by atoms with Crippen molar-refractivity contribution in [3.05, 3.63) is 11.3 Å². The fraction of sp³-hybridized carbons (Fsp3) is 0.143. The highest BCUT2D eigenvalue weighted by Gasteiger charge is 2.17. The van der Waals surface area contributed by atoms with Crippen LogP contribution in [0.4, 0.5) is 5.69 Å². The minimum atomic E-state index is -0.658. The van der Waals surface area contributed by atoms with Crippen molar-refractivity contribution in [3.8, 4) is 6.07 Å². The van der Waals surface area contributed by atoms with E-state index in [9.17, 15) is 4.79 Å². The van der Waals surface area contributed by atoms with E-state index in [-0.39, 0.29) is 16.9 Å². The Labute approximate surface area is 79.1 Å². The number of anilines is 1. The van der Waals surface area contributed by atoms with Crippen LogP contribution >= 0.6 is 11.8 Å². The molecule has 5 N–H and O–H groups in total. The van der Waals surface area contributed by atoms with Crippen molar-refractivity contribution in [1.29, 1.82) is 5.26 Å². The standard InChI is InChI=1S/C7H8N4OS/c1-13-7-3(2-8)4(9)5(11-7)6(10)12/h11H,9H2,1H3,(H2,10,12). The second-order valence-electron chi connectivity index (χ2n) is 2.30. The molecule has 0 saturated heterocycles. The number of amides is 1. The van der Waals surface area contributed by atoms with Gasteiger partial charge >= 0.3 is 0 Å². The Balaban J connectivity index is 3.37. The fourth-order valence-corrected chi connectivity index (χ4v) is 1.51. The number of carbonyl (C=O) groups excluding carboxylic acids is 1. The quantitative estimate of drug-likeness (QED) is 0.590. The molecule has 13 heavy (non-hydrogen) atoms. The number of aromatic amines is 1. The predicted octanol–water partition coefficient (Wildman–Crippen LogP) is 0.289. The summed E-state index contributed by atoms with van der Waals surface area (Å²) in [6, 6.07) is 1.91. The number of hydrogen-bond acceptors (Lipinski definition) is 4. The molecule has 1 rings (SSSR count). The van der Waals surface area contributed by atoms with Crippen LogP contribution in [0.3, 0.4) is 0 Å². The van der Waals surface area contributed by atoms with Gasteiger partial charge in [-0.3, -0.25) is 4.79 Å². The van der Waals surface area contributed by atoms with Crippen molar-refractivity contribution in [2.75, 3.05) is 12.0 Å². The van der Waals surface area contributed by atoms with E-state index in [0.717, 1.165) is 0 Å². The summed E-state index contributed by atoms with van der Waals surface area (Å²) in [5.74, 6) is -0.658. The molecule has 0 aliphatic carbocycles. The molecule has 0 bridgehead atoms. The van der Waals surface area contributed by atoms with Crippen LogP contribution in [0.25, 0.3) is 0 Å². The van der Waals surface area contributed by atoms with Crippen molar-refractivity contribution in [1.82, 2.24) is 4.98 Å². The van der Waals surface area contributed by atoms with Crippen molar-refractivity contribution < 1.29 is 4.79 Å². The average Bonchev–Trinajstić information content (AvgIpc) is 2.41. The Morgan fingerprint density at radius 1 is 1.69 bits per heavy atom. The Morgan fingerprint density at radius 2 is 2.31 bits per heavy atom. The molecule has 6 heteroatoms. The van der Waals surface area contributed by atoms with E-state index >= 15 is 0 Å². The van der Waals surface area contributed by atoms with Crippen LogP contribution in [-0.2, 0) is 0 Å². The van der Waals surface area contributed by atoms with Crippen molar-refractivity contribution in [2.45, 2.75) is 5.03 Å². The highest BCUT2D eigenvalue weighted by atomic mass is 32.2. The minimum Gasteiger partial charge on any atom is -0.396 e. The molecule has 1 aromatic rings. The first-order valence-electron chi connectivity index (χ1n) is 3.37. The second kappa shape index (κ2) is 3.41. The molecule has 1 amide bonds. The fourth-order valence-electron chi connectivity index (χ4n) is 0.949. The van der Waals surface area contributed by atoms with Gasteiger partial charge in [-0.05, 0) is 6.26 Å². The molecule has 0 radical (unpaired) electrons. The third-order valence-electron chi connectivity index (χ3n) is 1.57. The molecular weight excluding hydrogens is 188 g/mol. The summed E-state index contributed by atoms with van der Waals surface area (Å²) >= 11 is 1.31. The third-order valence-corrected chi connectivity index (χ3v) is 2.28. The Bertz CT molecular complexity index is 390. The Morgan fingerprint density at radius 3 is 2.62 bits per heavy atom. The molecule has 0 spiro atoms. The van der Waals surface area contributed by atoms with Gasteiger partial charge < -0.3 is 16.5 Å². The number of aromatic nitrogens is 1. The van der Waals surface area contributed by atoms with E-state index < -0.39 is 5.91 Å². The van der Waals surface area contributed by atoms with Crippen molar-refractivity contribution in [3.63, 3.8) is 0 Å². The van der Waals surface area contributed by atoms with Crippen LogP contribution in [-0.4, -0.2) is 17.1 Å². The Hall–Kier alpha value is -1.61. The number of primary amides is 1. The van der Waals surface area contributed by atoms with Crippen LogP contribution in [0, 0.1) is 11.3 Å². The van der Waals surface area contributed by atoms with Gasteiger partial charge in [-0.15, -0.1) is 11.8 Å². The zero-order chi connectivity index (χ0) is 10.0. The van der Waals surface area contributed by atoms with Gasteiger partial charge in [0.05, 0.1) is 10.7 Å². The van der Waals surface area contributed by atoms with Crippen molar-refractivity contribution in [2.24, 2.45) is 5.73 Å². The molecule has 0 unspecified atom stereocenters. The number of rotatable bonds is 2. The van der Waals surface area contributed by atoms with E-state index in [2.05, 4.69) is 4.98 Å². The number of nitrogens with zero attached hydrogens (tertiary/aromatic N) is 1. The molecule has 5 nitrogen and oxygen atoms in total. The summed E-state index contributed by atoms with van der Waals surface area (Å²) in [6.07, 6.45) is 1.77. The van der Waals surface area contributed by atoms with Gasteiger partial charge in [0.1, 0.15) is 17.3 Å². The molecule has 0 saturated carbocycles. The monoisotopic (exact) mass is 196 g/mol. The summed E-state index contributed by atoms with van der Waals surface area (Å²) in [5.41, 5.74) is 11.1. The first-order valence-corrected chi connectivity index (χ1v) is 4.59. The van der Waals surface area contributed by atoms with Gasteiger partial charge in [-0.25, -0.2) is 0 Å². The number of nitrogen functional groups attached to an aromatic ring is 1. The molecule has 68 valence electrons. The van der Waals surface area contributed by atoms with E-state index in [4.69, 9.17) is 16.7 Å². The van der Waals surface area contributed by atoms with Gasteiger partial charge in [0.15, 0.2) is 0 Å². The molecule has 1 heterocycles. The number of nitriles is 1. The number of thioether (sulfide) groups is 1. The van der Waals surface area contributed by atoms with Crippen LogP contribution in [0.5, 0.6) is 0 Å². The SMILES string of the molecule is CSc1[nH]c(C(N)=O)c(N)c1C#N. The molecule has 1 aromatic heterocycles. The summed E-state index contributed by atoms with van der Waals surface area (Å²) in [5, 5.41) is 9.27. The van der Waals surface area contributed by atoms with Crippen LogP contribution < -0.4 is 11.5 Å². The maximum atomic E-state index is 10.8. The van der Waals surface area contributed by atoms with E-state index in [0.29, 0.717) is 5.03 Å². The molecule has 0 aliphatic heterocycles. The maximum absolute atomic E-state index is 10.8. The van der Waals surface area contributed by atoms with E-state index in [1.54, 1.807) is 6.26 Å². The number of nitrogens with two attached hydrogens (primary N) is 2. The first-order chi connectivity index (χ1) is 6.11. The lowest BCUT2D eigenvalue weighted by molar-refractivity contribution is 0.0996. The lowest BCUT2D eigenvalue weighted by atomic mass is 10.2. The number of carbonyl (C=O) groups is 1. The molecule has 0 aromatic carbocycles. The van der Waals surface area contributed by atoms with E-state index in [1.165, 1.54) is 11.8 Å². The highest BCUT2D eigenvalue weighted by molar-refractivity contribution is 7.98. The lowest BCUT2D eigenvalue weighted by Gasteiger charge is -1.90. The molecule has 0 atom stereocenters. The third kappa shape index (κ3) is 1.46. The van der Waals surface area contributed by atoms with Gasteiger partial charge in [-0.1, -0.05) is 0 Å². The highest BCUT2D eigenvalue weighted by Crippen LogP contribution is 2.26. The van der Waals surface area contributed by atoms with Crippen LogP contribution in [0.1, 0.15) is 16.1 Å². The summed E-state index contributed by atoms with van der Waals surface area (Å²) in [7, 11) is 0. The van der Waals surface area contributed by atoms with Gasteiger partial charge in [0.25, 0.3) is 5.91 Å². The normalized spacial score (nSPS) is 9.54. The van der Waals surface area contributed by atoms with Crippen LogP contribution in [0.2, 0.25) is 0 Å². The lowest BCUT2D eigenvalue weighted by Crippen LogP contribution is -2.13. The molecular formula is C7H8N4OS. The van der Waals surface area contributed by atoms with Gasteiger partial charge in [0, 0.05) is 0 Å². The number of hydrogen-bond donors (Lipinski definition) is 3. The topological polar surface area (TPSA) is 109 Å². The predicted molar refractivity (Wildman–Crippen MR) is 50.2 cm³/mol. The number of H-pyrrole nitrogens is 1. The number of nitrogens with one attached hydrogen (secondary N) is 1. The molecule has 0 aliphatic rings. The zero-order valence-corrected chi connectivity index (χ0v) is 7.73. The summed E-state index contributed by atoms with van der Waals surface area (Å²) < 4.78 is 0. The molecule has 0 fully saturated rings. The summed E-state index contributed by atoms with van der Waals surface area (Å²) in [6.45, 7) is 0. The van der Waals surface area contributed by atoms with E-state index in [1.807, 2.05) is 6.07 Å². The first kappa shape index (κ1) is 9.48. The zero-order valence-electron chi connectivity index (χ0n) is 6.92. The average molecular weight is 196 g/mol. The smallest absolute Gasteiger partial charge is 0.267 e. The van der Waals surface area contributed by atoms with Gasteiger partial charge in [0.2, 0.25) is 0 Å². The van der Waals surface area contributed by atoms with Crippen LogP contribution in [0.15, 0.2) is 5.03 Å². The second-order valence-corrected chi connectivity index (χ2v) is 3.11. The van der Waals surface area contributed by atoms with Gasteiger partial charge in [-0.2, -0.15) is 5.26 Å². The Kier molecular flexibility index (Phi) is 2.49.